The first-order valence-corrected chi connectivity index (χ1v) is 7.17. The lowest BCUT2D eigenvalue weighted by Crippen LogP contribution is -2.06. The maximum atomic E-state index is 4.00. The number of hydrogen-bond acceptors (Lipinski definition) is 1. The summed E-state index contributed by atoms with van der Waals surface area (Å²) >= 11 is 0. The second kappa shape index (κ2) is 7.97. The van der Waals surface area contributed by atoms with Gasteiger partial charge in [0.2, 0.25) is 0 Å². The van der Waals surface area contributed by atoms with Gasteiger partial charge in [-0.1, -0.05) is 45.0 Å². The van der Waals surface area contributed by atoms with E-state index in [1.54, 1.807) is 5.56 Å². The number of allylic oxidation sites excluding steroid dienone is 1. The van der Waals surface area contributed by atoms with Crippen molar-refractivity contribution in [3.63, 3.8) is 0 Å². The Morgan fingerprint density at radius 2 is 1.94 bits per heavy atom. The third-order valence-corrected chi connectivity index (χ3v) is 3.53. The molecule has 0 radical (unpaired) electrons. The quantitative estimate of drug-likeness (QED) is 0.721. The van der Waals surface area contributed by atoms with Gasteiger partial charge in [0.1, 0.15) is 0 Å². The van der Waals surface area contributed by atoms with Crippen molar-refractivity contribution < 1.29 is 0 Å². The van der Waals surface area contributed by atoms with Crippen LogP contribution in [-0.2, 0) is 19.3 Å². The molecule has 0 aliphatic carbocycles. The van der Waals surface area contributed by atoms with Crippen LogP contribution in [0.15, 0.2) is 30.5 Å². The Hall–Kier alpha value is -1.24. The van der Waals surface area contributed by atoms with E-state index < -0.39 is 0 Å². The number of hydrogen-bond donors (Lipinski definition) is 1. The van der Waals surface area contributed by atoms with E-state index in [1.165, 1.54) is 30.4 Å². The molecule has 1 heteroatoms. The molecule has 1 nitrogen and oxygen atoms in total. The molecule has 0 bridgehead atoms. The fourth-order valence-electron chi connectivity index (χ4n) is 2.15. The van der Waals surface area contributed by atoms with Gasteiger partial charge in [-0.2, -0.15) is 0 Å². The van der Waals surface area contributed by atoms with E-state index in [2.05, 4.69) is 43.9 Å². The molecule has 1 N–H and O–H groups in total. The Balaban J connectivity index is 2.77. The van der Waals surface area contributed by atoms with Crippen LogP contribution in [0.3, 0.4) is 0 Å². The highest BCUT2D eigenvalue weighted by atomic mass is 14.8. The summed E-state index contributed by atoms with van der Waals surface area (Å²) in [5, 5.41) is 3.13. The third-order valence-electron chi connectivity index (χ3n) is 3.53. The minimum Gasteiger partial charge on any atom is -0.392 e. The minimum atomic E-state index is 1.03. The highest BCUT2D eigenvalue weighted by molar-refractivity contribution is 5.33. The number of rotatable bonds is 8. The van der Waals surface area contributed by atoms with Gasteiger partial charge in [-0.05, 0) is 48.8 Å². The van der Waals surface area contributed by atoms with Gasteiger partial charge in [-0.15, -0.1) is 0 Å². The molecule has 0 fully saturated rings. The topological polar surface area (TPSA) is 12.0 Å². The van der Waals surface area contributed by atoms with Crippen molar-refractivity contribution in [1.29, 1.82) is 0 Å². The van der Waals surface area contributed by atoms with Gasteiger partial charge < -0.3 is 5.32 Å². The first kappa shape index (κ1) is 14.8. The Kier molecular flexibility index (Phi) is 6.56. The van der Waals surface area contributed by atoms with E-state index in [9.17, 15) is 0 Å². The van der Waals surface area contributed by atoms with E-state index in [0.717, 1.165) is 25.0 Å². The molecule has 1 aromatic carbocycles. The molecular formula is C17H27N. The van der Waals surface area contributed by atoms with Gasteiger partial charge in [0.15, 0.2) is 0 Å². The van der Waals surface area contributed by atoms with E-state index >= 15 is 0 Å². The lowest BCUT2D eigenvalue weighted by Gasteiger charge is -2.12. The van der Waals surface area contributed by atoms with E-state index in [0.29, 0.717) is 0 Å². The van der Waals surface area contributed by atoms with Gasteiger partial charge in [0.05, 0.1) is 0 Å². The molecule has 0 aromatic heterocycles. The van der Waals surface area contributed by atoms with Crippen LogP contribution in [0.2, 0.25) is 0 Å². The number of aryl methyl sites for hydroxylation is 3. The van der Waals surface area contributed by atoms with Crippen molar-refractivity contribution in [2.75, 3.05) is 7.05 Å². The Morgan fingerprint density at radius 3 is 2.56 bits per heavy atom. The molecule has 100 valence electrons. The molecule has 0 atom stereocenters. The van der Waals surface area contributed by atoms with Crippen molar-refractivity contribution in [1.82, 2.24) is 5.32 Å². The van der Waals surface area contributed by atoms with Gasteiger partial charge in [-0.3, -0.25) is 0 Å². The van der Waals surface area contributed by atoms with E-state index in [4.69, 9.17) is 0 Å². The predicted octanol–water partition coefficient (Wildman–Crippen LogP) is 4.26. The summed E-state index contributed by atoms with van der Waals surface area (Å²) in [6, 6.07) is 6.98. The molecule has 18 heavy (non-hydrogen) atoms. The molecule has 0 unspecified atom stereocenters. The summed E-state index contributed by atoms with van der Waals surface area (Å²) in [6.07, 6.45) is 7.02. The van der Waals surface area contributed by atoms with Crippen LogP contribution in [0, 0.1) is 0 Å². The molecule has 0 saturated carbocycles. The smallest absolute Gasteiger partial charge is 0.00343 e. The average Bonchev–Trinajstić information content (AvgIpc) is 2.42. The summed E-state index contributed by atoms with van der Waals surface area (Å²) in [6.45, 7) is 8.48. The summed E-state index contributed by atoms with van der Waals surface area (Å²) in [5.74, 6) is 0. The molecule has 0 aliphatic rings. The molecule has 0 heterocycles. The van der Waals surface area contributed by atoms with E-state index in [-0.39, 0.29) is 0 Å². The highest BCUT2D eigenvalue weighted by Gasteiger charge is 2.04. The Labute approximate surface area is 112 Å². The minimum absolute atomic E-state index is 1.03. The summed E-state index contributed by atoms with van der Waals surface area (Å²) in [4.78, 5) is 0. The molecule has 0 saturated heterocycles. The molecule has 1 aromatic rings. The number of nitrogens with one attached hydrogen (secondary N) is 1. The predicted molar refractivity (Wildman–Crippen MR) is 81.0 cm³/mol. The summed E-state index contributed by atoms with van der Waals surface area (Å²) in [5.41, 5.74) is 5.62. The SMILES string of the molecule is C=C(CCc1ccc(CC)cc1CCCC)NC. The second-order valence-corrected chi connectivity index (χ2v) is 4.91. The molecule has 1 rings (SSSR count). The largest absolute Gasteiger partial charge is 0.392 e. The standard InChI is InChI=1S/C17H27N/c1-5-7-8-17-13-15(6-2)10-12-16(17)11-9-14(3)18-4/h10,12-13,18H,3,5-9,11H2,1-2,4H3. The first-order chi connectivity index (χ1) is 8.71. The Bertz CT molecular complexity index is 379. The van der Waals surface area contributed by atoms with Gasteiger partial charge in [0, 0.05) is 12.7 Å². The van der Waals surface area contributed by atoms with Gasteiger partial charge in [-0.25, -0.2) is 0 Å². The molecule has 0 aliphatic heterocycles. The Morgan fingerprint density at radius 1 is 1.17 bits per heavy atom. The van der Waals surface area contributed by atoms with Crippen molar-refractivity contribution in [3.05, 3.63) is 47.2 Å². The second-order valence-electron chi connectivity index (χ2n) is 4.91. The maximum Gasteiger partial charge on any atom is 0.00343 e. The van der Waals surface area contributed by atoms with Crippen molar-refractivity contribution in [2.45, 2.75) is 52.4 Å². The maximum absolute atomic E-state index is 4.00. The third kappa shape index (κ3) is 4.56. The van der Waals surface area contributed by atoms with E-state index in [1.807, 2.05) is 7.05 Å². The van der Waals surface area contributed by atoms with Crippen LogP contribution in [-0.4, -0.2) is 7.05 Å². The van der Waals surface area contributed by atoms with Gasteiger partial charge >= 0.3 is 0 Å². The molecular weight excluding hydrogens is 218 g/mol. The van der Waals surface area contributed by atoms with Gasteiger partial charge in [0.25, 0.3) is 0 Å². The van der Waals surface area contributed by atoms with Crippen LogP contribution < -0.4 is 5.32 Å². The monoisotopic (exact) mass is 245 g/mol. The normalized spacial score (nSPS) is 10.4. The first-order valence-electron chi connectivity index (χ1n) is 7.17. The number of benzene rings is 1. The summed E-state index contributed by atoms with van der Waals surface area (Å²) in [7, 11) is 1.94. The van der Waals surface area contributed by atoms with Crippen molar-refractivity contribution >= 4 is 0 Å². The van der Waals surface area contributed by atoms with Crippen LogP contribution in [0.5, 0.6) is 0 Å². The van der Waals surface area contributed by atoms with Crippen molar-refractivity contribution in [2.24, 2.45) is 0 Å². The average molecular weight is 245 g/mol. The zero-order valence-corrected chi connectivity index (χ0v) is 12.2. The van der Waals surface area contributed by atoms with Crippen LogP contribution in [0.4, 0.5) is 0 Å². The fourth-order valence-corrected chi connectivity index (χ4v) is 2.15. The molecule has 0 amide bonds. The van der Waals surface area contributed by atoms with Crippen LogP contribution >= 0.6 is 0 Å². The number of unbranched alkanes of at least 4 members (excludes halogenated alkanes) is 1. The van der Waals surface area contributed by atoms with Crippen molar-refractivity contribution in [3.8, 4) is 0 Å². The molecule has 0 spiro atoms. The van der Waals surface area contributed by atoms with Crippen LogP contribution in [0.25, 0.3) is 0 Å². The summed E-state index contributed by atoms with van der Waals surface area (Å²) < 4.78 is 0. The zero-order valence-electron chi connectivity index (χ0n) is 12.2. The lowest BCUT2D eigenvalue weighted by molar-refractivity contribution is 0.774. The lowest BCUT2D eigenvalue weighted by atomic mass is 9.95. The zero-order chi connectivity index (χ0) is 13.4. The van der Waals surface area contributed by atoms with Crippen LogP contribution in [0.1, 0.15) is 49.8 Å². The highest BCUT2D eigenvalue weighted by Crippen LogP contribution is 2.18. The fraction of sp³-hybridized carbons (Fsp3) is 0.529.